The number of nitrogens with one attached hydrogen (secondary N) is 1. The first-order valence-corrected chi connectivity index (χ1v) is 9.17. The third-order valence-corrected chi connectivity index (χ3v) is 5.24. The van der Waals surface area contributed by atoms with E-state index in [2.05, 4.69) is 15.3 Å². The molecule has 5 nitrogen and oxygen atoms in total. The van der Waals surface area contributed by atoms with Gasteiger partial charge in [-0.25, -0.2) is 9.97 Å². The summed E-state index contributed by atoms with van der Waals surface area (Å²) in [5.41, 5.74) is 2.64. The summed E-state index contributed by atoms with van der Waals surface area (Å²) in [7, 11) is 0. The SMILES string of the molecule is O=C1Sc2nc(Cl)nc(NCc3ccc(O)cc3)c2C1c1ccccc1. The molecule has 0 radical (unpaired) electrons. The second-order valence-electron chi connectivity index (χ2n) is 5.84. The van der Waals surface area contributed by atoms with Gasteiger partial charge < -0.3 is 10.4 Å². The molecule has 26 heavy (non-hydrogen) atoms. The van der Waals surface area contributed by atoms with Crippen LogP contribution < -0.4 is 5.32 Å². The Morgan fingerprint density at radius 1 is 1.08 bits per heavy atom. The van der Waals surface area contributed by atoms with Crippen molar-refractivity contribution < 1.29 is 9.90 Å². The fourth-order valence-electron chi connectivity index (χ4n) is 2.92. The molecule has 1 unspecified atom stereocenters. The van der Waals surface area contributed by atoms with E-state index in [1.165, 1.54) is 0 Å². The van der Waals surface area contributed by atoms with E-state index in [9.17, 15) is 9.90 Å². The van der Waals surface area contributed by atoms with Crippen LogP contribution in [0.2, 0.25) is 5.28 Å². The minimum atomic E-state index is -0.421. The molecule has 2 aromatic carbocycles. The van der Waals surface area contributed by atoms with E-state index in [1.54, 1.807) is 12.1 Å². The number of thioether (sulfide) groups is 1. The number of carbonyl (C=O) groups excluding carboxylic acids is 1. The van der Waals surface area contributed by atoms with Gasteiger partial charge in [0.05, 0.1) is 5.92 Å². The normalized spacial score (nSPS) is 15.7. The number of phenolic OH excluding ortho intramolecular Hbond substituents is 1. The second-order valence-corrected chi connectivity index (χ2v) is 7.18. The molecule has 0 bridgehead atoms. The molecule has 0 aliphatic carbocycles. The van der Waals surface area contributed by atoms with Crippen LogP contribution in [0, 0.1) is 0 Å². The van der Waals surface area contributed by atoms with Gasteiger partial charge in [0.1, 0.15) is 16.6 Å². The number of aromatic hydroxyl groups is 1. The quantitative estimate of drug-likeness (QED) is 0.519. The van der Waals surface area contributed by atoms with Crippen molar-refractivity contribution in [1.29, 1.82) is 0 Å². The molecular weight excluding hydrogens is 370 g/mol. The zero-order valence-electron chi connectivity index (χ0n) is 13.5. The smallest absolute Gasteiger partial charge is 0.225 e. The first-order valence-electron chi connectivity index (χ1n) is 7.97. The molecule has 0 amide bonds. The standard InChI is InChI=1S/C19H14ClN3O2S/c20-19-22-16(21-10-11-6-8-13(24)9-7-11)15-14(12-4-2-1-3-5-12)18(25)26-17(15)23-19/h1-9,14,24H,10H2,(H,21,22,23). The van der Waals surface area contributed by atoms with Crippen molar-refractivity contribution in [3.63, 3.8) is 0 Å². The Morgan fingerprint density at radius 3 is 2.54 bits per heavy atom. The molecule has 4 rings (SSSR count). The Balaban J connectivity index is 1.70. The highest BCUT2D eigenvalue weighted by molar-refractivity contribution is 8.14. The molecule has 7 heteroatoms. The van der Waals surface area contributed by atoms with Crippen LogP contribution in [-0.2, 0) is 11.3 Å². The highest BCUT2D eigenvalue weighted by atomic mass is 35.5. The van der Waals surface area contributed by atoms with E-state index in [1.807, 2.05) is 42.5 Å². The molecule has 2 N–H and O–H groups in total. The molecule has 1 aromatic heterocycles. The van der Waals surface area contributed by atoms with Crippen molar-refractivity contribution in [3.8, 4) is 5.75 Å². The summed E-state index contributed by atoms with van der Waals surface area (Å²) in [6.07, 6.45) is 0. The van der Waals surface area contributed by atoms with Crippen molar-refractivity contribution in [2.45, 2.75) is 17.5 Å². The topological polar surface area (TPSA) is 75.1 Å². The molecule has 1 aliphatic heterocycles. The van der Waals surface area contributed by atoms with Crippen LogP contribution in [-0.4, -0.2) is 20.2 Å². The third-order valence-electron chi connectivity index (χ3n) is 4.13. The van der Waals surface area contributed by atoms with Gasteiger partial charge in [0, 0.05) is 12.1 Å². The fraction of sp³-hybridized carbons (Fsp3) is 0.105. The van der Waals surface area contributed by atoms with Gasteiger partial charge >= 0.3 is 0 Å². The van der Waals surface area contributed by atoms with Gasteiger partial charge in [-0.1, -0.05) is 42.5 Å². The minimum Gasteiger partial charge on any atom is -0.508 e. The van der Waals surface area contributed by atoms with Crippen LogP contribution >= 0.6 is 23.4 Å². The molecule has 1 atom stereocenters. The van der Waals surface area contributed by atoms with Gasteiger partial charge in [0.15, 0.2) is 0 Å². The predicted octanol–water partition coefficient (Wildman–Crippen LogP) is 4.21. The molecule has 130 valence electrons. The maximum Gasteiger partial charge on any atom is 0.225 e. The van der Waals surface area contributed by atoms with E-state index in [0.717, 1.165) is 28.5 Å². The van der Waals surface area contributed by atoms with Gasteiger partial charge in [-0.3, -0.25) is 4.79 Å². The molecule has 0 saturated heterocycles. The maximum absolute atomic E-state index is 12.6. The average molecular weight is 384 g/mol. The zero-order valence-corrected chi connectivity index (χ0v) is 15.1. The number of carbonyl (C=O) groups is 1. The van der Waals surface area contributed by atoms with Gasteiger partial charge in [-0.05, 0) is 46.6 Å². The van der Waals surface area contributed by atoms with Crippen LogP contribution in [0.1, 0.15) is 22.6 Å². The van der Waals surface area contributed by atoms with E-state index in [0.29, 0.717) is 17.4 Å². The van der Waals surface area contributed by atoms with Crippen LogP contribution in [0.3, 0.4) is 0 Å². The number of rotatable bonds is 4. The van der Waals surface area contributed by atoms with E-state index >= 15 is 0 Å². The number of nitrogens with zero attached hydrogens (tertiary/aromatic N) is 2. The fourth-order valence-corrected chi connectivity index (χ4v) is 4.15. The summed E-state index contributed by atoms with van der Waals surface area (Å²) in [5.74, 6) is 0.349. The number of aromatic nitrogens is 2. The molecule has 1 aliphatic rings. The van der Waals surface area contributed by atoms with Crippen LogP contribution in [0.15, 0.2) is 59.6 Å². The summed E-state index contributed by atoms with van der Waals surface area (Å²) in [4.78, 5) is 21.1. The number of phenols is 1. The molecule has 2 heterocycles. The lowest BCUT2D eigenvalue weighted by Crippen LogP contribution is -2.11. The Kier molecular flexibility index (Phi) is 4.53. The minimum absolute atomic E-state index is 0.00968. The van der Waals surface area contributed by atoms with E-state index < -0.39 is 5.92 Å². The molecule has 3 aromatic rings. The summed E-state index contributed by atoms with van der Waals surface area (Å²) in [6, 6.07) is 16.5. The van der Waals surface area contributed by atoms with Crippen molar-refractivity contribution in [2.75, 3.05) is 5.32 Å². The summed E-state index contributed by atoms with van der Waals surface area (Å²) in [6.45, 7) is 0.487. The largest absolute Gasteiger partial charge is 0.508 e. The van der Waals surface area contributed by atoms with Gasteiger partial charge in [-0.15, -0.1) is 0 Å². The Bertz CT molecular complexity index is 965. The number of fused-ring (bicyclic) bond motifs is 1. The van der Waals surface area contributed by atoms with Gasteiger partial charge in [0.2, 0.25) is 10.4 Å². The monoisotopic (exact) mass is 383 g/mol. The van der Waals surface area contributed by atoms with Crippen LogP contribution in [0.5, 0.6) is 5.75 Å². The maximum atomic E-state index is 12.6. The lowest BCUT2D eigenvalue weighted by atomic mass is 9.94. The van der Waals surface area contributed by atoms with Crippen molar-refractivity contribution >= 4 is 34.3 Å². The highest BCUT2D eigenvalue weighted by Crippen LogP contribution is 2.46. The number of halogens is 1. The average Bonchev–Trinajstić information content (AvgIpc) is 2.97. The number of anilines is 1. The number of hydrogen-bond donors (Lipinski definition) is 2. The van der Waals surface area contributed by atoms with Crippen LogP contribution in [0.4, 0.5) is 5.82 Å². The first kappa shape index (κ1) is 16.9. The number of benzene rings is 2. The zero-order chi connectivity index (χ0) is 18.1. The van der Waals surface area contributed by atoms with Crippen molar-refractivity contribution in [3.05, 3.63) is 76.6 Å². The van der Waals surface area contributed by atoms with Gasteiger partial charge in [0.25, 0.3) is 0 Å². The second kappa shape index (κ2) is 6.97. The Labute approximate surface area is 159 Å². The number of hydrogen-bond acceptors (Lipinski definition) is 6. The molecule has 0 saturated carbocycles. The Hall–Kier alpha value is -2.57. The molecule has 0 spiro atoms. The molecule has 0 fully saturated rings. The predicted molar refractivity (Wildman–Crippen MR) is 102 cm³/mol. The van der Waals surface area contributed by atoms with Crippen molar-refractivity contribution in [1.82, 2.24) is 9.97 Å². The lowest BCUT2D eigenvalue weighted by Gasteiger charge is -2.15. The summed E-state index contributed by atoms with van der Waals surface area (Å²) >= 11 is 7.15. The first-order chi connectivity index (χ1) is 12.6. The van der Waals surface area contributed by atoms with Crippen molar-refractivity contribution in [2.24, 2.45) is 0 Å². The summed E-state index contributed by atoms with van der Waals surface area (Å²) in [5, 5.41) is 13.4. The van der Waals surface area contributed by atoms with Crippen LogP contribution in [0.25, 0.3) is 0 Å². The Morgan fingerprint density at radius 2 is 1.81 bits per heavy atom. The summed E-state index contributed by atoms with van der Waals surface area (Å²) < 4.78 is 0. The third kappa shape index (κ3) is 3.25. The van der Waals surface area contributed by atoms with E-state index in [4.69, 9.17) is 11.6 Å². The molecular formula is C19H14ClN3O2S. The highest BCUT2D eigenvalue weighted by Gasteiger charge is 2.37. The lowest BCUT2D eigenvalue weighted by molar-refractivity contribution is -0.111. The van der Waals surface area contributed by atoms with E-state index in [-0.39, 0.29) is 16.1 Å². The van der Waals surface area contributed by atoms with Gasteiger partial charge in [-0.2, -0.15) is 0 Å².